The average molecular weight is 162 g/mol. The smallest absolute Gasteiger partial charge is 0.315 e. The van der Waals surface area contributed by atoms with Gasteiger partial charge in [0.2, 0.25) is 0 Å². The van der Waals surface area contributed by atoms with Crippen molar-refractivity contribution in [2.45, 2.75) is 26.9 Å². The first kappa shape index (κ1) is 9.82. The van der Waals surface area contributed by atoms with Crippen molar-refractivity contribution < 1.29 is 9.53 Å². The fourth-order valence-corrected chi connectivity index (χ4v) is 0.455. The third-order valence-corrected chi connectivity index (χ3v) is 1.64. The molecule has 10 heavy (non-hydrogen) atoms. The van der Waals surface area contributed by atoms with E-state index < -0.39 is 0 Å². The van der Waals surface area contributed by atoms with E-state index in [1.54, 1.807) is 0 Å². The van der Waals surface area contributed by atoms with E-state index in [-0.39, 0.29) is 17.8 Å². The summed E-state index contributed by atoms with van der Waals surface area (Å²) in [5.74, 6) is 0.296. The highest BCUT2D eigenvalue weighted by atomic mass is 32.1. The number of hydrogen-bond donors (Lipinski definition) is 1. The van der Waals surface area contributed by atoms with Crippen LogP contribution in [0.15, 0.2) is 0 Å². The SMILES string of the molecule is CC(C)C(C)OC(=O)CS. The number of thiol groups is 1. The molecular formula is C7H14O2S. The molecule has 0 spiro atoms. The van der Waals surface area contributed by atoms with Crippen LogP contribution in [0.3, 0.4) is 0 Å². The number of esters is 1. The van der Waals surface area contributed by atoms with Gasteiger partial charge in [-0.05, 0) is 12.8 Å². The average Bonchev–Trinajstić information content (AvgIpc) is 1.87. The molecule has 3 heteroatoms. The molecule has 0 aromatic rings. The summed E-state index contributed by atoms with van der Waals surface area (Å²) in [6.07, 6.45) is -0.000324. The van der Waals surface area contributed by atoms with E-state index in [0.29, 0.717) is 5.92 Å². The van der Waals surface area contributed by atoms with Crippen LogP contribution in [0.2, 0.25) is 0 Å². The van der Waals surface area contributed by atoms with Gasteiger partial charge in [0, 0.05) is 0 Å². The van der Waals surface area contributed by atoms with Crippen LogP contribution in [-0.2, 0) is 9.53 Å². The van der Waals surface area contributed by atoms with Gasteiger partial charge < -0.3 is 4.74 Å². The Morgan fingerprint density at radius 1 is 1.50 bits per heavy atom. The summed E-state index contributed by atoms with van der Waals surface area (Å²) >= 11 is 3.78. The lowest BCUT2D eigenvalue weighted by Crippen LogP contribution is -2.20. The minimum Gasteiger partial charge on any atom is -0.462 e. The van der Waals surface area contributed by atoms with E-state index in [9.17, 15) is 4.79 Å². The highest BCUT2D eigenvalue weighted by Crippen LogP contribution is 2.05. The van der Waals surface area contributed by atoms with Crippen molar-refractivity contribution in [2.75, 3.05) is 5.75 Å². The minimum atomic E-state index is -0.246. The zero-order chi connectivity index (χ0) is 8.15. The molecule has 0 radical (unpaired) electrons. The molecule has 0 saturated carbocycles. The predicted octanol–water partition coefficient (Wildman–Crippen LogP) is 1.50. The molecule has 0 aromatic heterocycles. The Hall–Kier alpha value is -0.180. The van der Waals surface area contributed by atoms with Crippen molar-refractivity contribution >= 4 is 18.6 Å². The van der Waals surface area contributed by atoms with Crippen molar-refractivity contribution in [1.29, 1.82) is 0 Å². The third-order valence-electron chi connectivity index (χ3n) is 1.39. The Morgan fingerprint density at radius 3 is 2.30 bits per heavy atom. The van der Waals surface area contributed by atoms with Crippen molar-refractivity contribution in [2.24, 2.45) is 5.92 Å². The van der Waals surface area contributed by atoms with Crippen LogP contribution in [0, 0.1) is 5.92 Å². The normalized spacial score (nSPS) is 13.3. The molecule has 0 rings (SSSR count). The molecule has 2 nitrogen and oxygen atoms in total. The van der Waals surface area contributed by atoms with Gasteiger partial charge in [0.1, 0.15) is 6.10 Å². The second-order valence-electron chi connectivity index (χ2n) is 2.60. The first-order chi connectivity index (χ1) is 4.57. The van der Waals surface area contributed by atoms with Crippen LogP contribution in [0.5, 0.6) is 0 Å². The molecule has 1 unspecified atom stereocenters. The predicted molar refractivity (Wildman–Crippen MR) is 44.2 cm³/mol. The summed E-state index contributed by atoms with van der Waals surface area (Å²) in [6.45, 7) is 5.90. The molecule has 0 fully saturated rings. The fraction of sp³-hybridized carbons (Fsp3) is 0.857. The first-order valence-corrected chi connectivity index (χ1v) is 4.01. The molecular weight excluding hydrogens is 148 g/mol. The number of carbonyl (C=O) groups excluding carboxylic acids is 1. The van der Waals surface area contributed by atoms with E-state index >= 15 is 0 Å². The Balaban J connectivity index is 3.57. The zero-order valence-corrected chi connectivity index (χ0v) is 7.52. The molecule has 0 amide bonds. The quantitative estimate of drug-likeness (QED) is 0.503. The molecule has 0 aromatic carbocycles. The van der Waals surface area contributed by atoms with Crippen molar-refractivity contribution in [1.82, 2.24) is 0 Å². The molecule has 60 valence electrons. The second kappa shape index (κ2) is 4.61. The zero-order valence-electron chi connectivity index (χ0n) is 6.63. The van der Waals surface area contributed by atoms with Gasteiger partial charge in [-0.2, -0.15) is 12.6 Å². The van der Waals surface area contributed by atoms with E-state index in [0.717, 1.165) is 0 Å². The molecule has 1 atom stereocenters. The van der Waals surface area contributed by atoms with Crippen molar-refractivity contribution in [3.05, 3.63) is 0 Å². The lowest BCUT2D eigenvalue weighted by molar-refractivity contribution is -0.146. The summed E-state index contributed by atoms with van der Waals surface area (Å²) in [4.78, 5) is 10.6. The number of carbonyl (C=O) groups is 1. The van der Waals surface area contributed by atoms with Crippen molar-refractivity contribution in [3.8, 4) is 0 Å². The third kappa shape index (κ3) is 3.77. The molecule has 0 aliphatic carbocycles. The lowest BCUT2D eigenvalue weighted by atomic mass is 10.1. The molecule has 0 bridgehead atoms. The Bertz CT molecular complexity index is 112. The van der Waals surface area contributed by atoms with E-state index in [1.165, 1.54) is 0 Å². The lowest BCUT2D eigenvalue weighted by Gasteiger charge is -2.15. The summed E-state index contributed by atoms with van der Waals surface area (Å²) in [5, 5.41) is 0. The van der Waals surface area contributed by atoms with Gasteiger partial charge in [-0.3, -0.25) is 4.79 Å². The summed E-state index contributed by atoms with van der Waals surface area (Å²) in [7, 11) is 0. The number of hydrogen-bond acceptors (Lipinski definition) is 3. The highest BCUT2D eigenvalue weighted by molar-refractivity contribution is 7.81. The monoisotopic (exact) mass is 162 g/mol. The molecule has 0 N–H and O–H groups in total. The summed E-state index contributed by atoms with van der Waals surface area (Å²) in [6, 6.07) is 0. The van der Waals surface area contributed by atoms with Gasteiger partial charge in [0.25, 0.3) is 0 Å². The largest absolute Gasteiger partial charge is 0.462 e. The minimum absolute atomic E-state index is 0.000324. The first-order valence-electron chi connectivity index (χ1n) is 3.38. The Labute approximate surface area is 67.4 Å². The van der Waals surface area contributed by atoms with Gasteiger partial charge in [-0.1, -0.05) is 13.8 Å². The molecule has 0 saturated heterocycles. The van der Waals surface area contributed by atoms with Gasteiger partial charge in [0.15, 0.2) is 0 Å². The molecule has 0 aliphatic heterocycles. The fourth-order valence-electron chi connectivity index (χ4n) is 0.381. The van der Waals surface area contributed by atoms with Crippen molar-refractivity contribution in [3.63, 3.8) is 0 Å². The van der Waals surface area contributed by atoms with Crippen LogP contribution in [0.4, 0.5) is 0 Å². The van der Waals surface area contributed by atoms with Crippen LogP contribution < -0.4 is 0 Å². The standard InChI is InChI=1S/C7H14O2S/c1-5(2)6(3)9-7(8)4-10/h5-6,10H,4H2,1-3H3. The van der Waals surface area contributed by atoms with Crippen LogP contribution >= 0.6 is 12.6 Å². The summed E-state index contributed by atoms with van der Waals surface area (Å²) < 4.78 is 4.95. The van der Waals surface area contributed by atoms with Crippen LogP contribution in [0.1, 0.15) is 20.8 Å². The van der Waals surface area contributed by atoms with Crippen LogP contribution in [-0.4, -0.2) is 17.8 Å². The topological polar surface area (TPSA) is 26.3 Å². The second-order valence-corrected chi connectivity index (χ2v) is 2.91. The molecule has 0 heterocycles. The maximum Gasteiger partial charge on any atom is 0.315 e. The Morgan fingerprint density at radius 2 is 2.00 bits per heavy atom. The number of ether oxygens (including phenoxy) is 1. The highest BCUT2D eigenvalue weighted by Gasteiger charge is 2.10. The van der Waals surface area contributed by atoms with Gasteiger partial charge in [0.05, 0.1) is 5.75 Å². The van der Waals surface area contributed by atoms with E-state index in [1.807, 2.05) is 20.8 Å². The molecule has 0 aliphatic rings. The Kier molecular flexibility index (Phi) is 4.52. The van der Waals surface area contributed by atoms with Gasteiger partial charge in [-0.25, -0.2) is 0 Å². The number of rotatable bonds is 3. The van der Waals surface area contributed by atoms with E-state index in [2.05, 4.69) is 12.6 Å². The van der Waals surface area contributed by atoms with E-state index in [4.69, 9.17) is 4.74 Å². The maximum absolute atomic E-state index is 10.6. The van der Waals surface area contributed by atoms with Gasteiger partial charge >= 0.3 is 5.97 Å². The maximum atomic E-state index is 10.6. The van der Waals surface area contributed by atoms with Crippen LogP contribution in [0.25, 0.3) is 0 Å². The van der Waals surface area contributed by atoms with Gasteiger partial charge in [-0.15, -0.1) is 0 Å². The summed E-state index contributed by atoms with van der Waals surface area (Å²) in [5.41, 5.74) is 0.